The number of benzene rings is 1. The highest BCUT2D eigenvalue weighted by Crippen LogP contribution is 2.36. The number of hydrogen-bond acceptors (Lipinski definition) is 2. The van der Waals surface area contributed by atoms with Gasteiger partial charge in [0.05, 0.1) is 12.2 Å². The van der Waals surface area contributed by atoms with Crippen molar-refractivity contribution in [1.82, 2.24) is 4.98 Å². The fourth-order valence-electron chi connectivity index (χ4n) is 1.70. The molecule has 0 spiro atoms. The van der Waals surface area contributed by atoms with Gasteiger partial charge in [-0.1, -0.05) is 6.07 Å². The Morgan fingerprint density at radius 3 is 2.69 bits per heavy atom. The Kier molecular flexibility index (Phi) is 2.61. The van der Waals surface area contributed by atoms with Crippen molar-refractivity contribution >= 4 is 10.9 Å². The van der Waals surface area contributed by atoms with Gasteiger partial charge in [0, 0.05) is 22.7 Å². The van der Waals surface area contributed by atoms with Crippen LogP contribution in [0.15, 0.2) is 24.4 Å². The molecule has 0 saturated heterocycles. The molecule has 0 atom stereocenters. The van der Waals surface area contributed by atoms with E-state index in [9.17, 15) is 13.2 Å². The molecule has 0 fully saturated rings. The second-order valence-corrected chi connectivity index (χ2v) is 3.35. The number of halogens is 3. The summed E-state index contributed by atoms with van der Waals surface area (Å²) >= 11 is 0. The van der Waals surface area contributed by atoms with Gasteiger partial charge in [-0.3, -0.25) is 4.84 Å². The number of hydrogen-bond donors (Lipinski definition) is 2. The number of alkyl halides is 3. The Balaban J connectivity index is 2.68. The third-order valence-electron chi connectivity index (χ3n) is 2.33. The van der Waals surface area contributed by atoms with Crippen LogP contribution in [0.5, 0.6) is 0 Å². The molecule has 0 radical (unpaired) electrons. The summed E-state index contributed by atoms with van der Waals surface area (Å²) in [4.78, 5) is 7.12. The monoisotopic (exact) mass is 230 g/mol. The molecule has 0 aliphatic carbocycles. The molecule has 0 unspecified atom stereocenters. The van der Waals surface area contributed by atoms with Gasteiger partial charge in [0.2, 0.25) is 0 Å². The van der Waals surface area contributed by atoms with Crippen molar-refractivity contribution in [1.29, 1.82) is 0 Å². The van der Waals surface area contributed by atoms with E-state index in [1.165, 1.54) is 12.3 Å². The summed E-state index contributed by atoms with van der Waals surface area (Å²) in [5, 5.41) is 0.112. The van der Waals surface area contributed by atoms with Crippen LogP contribution in [-0.2, 0) is 17.6 Å². The highest BCUT2D eigenvalue weighted by molar-refractivity contribution is 5.87. The lowest BCUT2D eigenvalue weighted by Gasteiger charge is -2.09. The number of aromatic nitrogens is 1. The molecule has 0 saturated carbocycles. The fourth-order valence-corrected chi connectivity index (χ4v) is 1.70. The minimum absolute atomic E-state index is 0.0624. The third kappa shape index (κ3) is 1.77. The first-order valence-corrected chi connectivity index (χ1v) is 4.52. The van der Waals surface area contributed by atoms with Crippen molar-refractivity contribution in [2.24, 2.45) is 5.90 Å². The molecule has 1 aromatic heterocycles. The Labute approximate surface area is 89.0 Å². The fraction of sp³-hybridized carbons (Fsp3) is 0.200. The van der Waals surface area contributed by atoms with Crippen LogP contribution in [0.1, 0.15) is 11.1 Å². The third-order valence-corrected chi connectivity index (χ3v) is 2.33. The maximum Gasteiger partial charge on any atom is 0.417 e. The van der Waals surface area contributed by atoms with Crippen molar-refractivity contribution in [2.75, 3.05) is 0 Å². The van der Waals surface area contributed by atoms with Crippen LogP contribution in [0.2, 0.25) is 0 Å². The Hall–Kier alpha value is -1.53. The molecule has 86 valence electrons. The lowest BCUT2D eigenvalue weighted by molar-refractivity contribution is -0.136. The zero-order valence-corrected chi connectivity index (χ0v) is 8.14. The quantitative estimate of drug-likeness (QED) is 0.779. The molecule has 1 aromatic carbocycles. The number of nitrogens with one attached hydrogen (secondary N) is 1. The topological polar surface area (TPSA) is 51.0 Å². The van der Waals surface area contributed by atoms with E-state index in [1.807, 2.05) is 0 Å². The molecule has 3 nitrogen and oxygen atoms in total. The molecule has 1 heterocycles. The van der Waals surface area contributed by atoms with Gasteiger partial charge in [-0.15, -0.1) is 0 Å². The van der Waals surface area contributed by atoms with E-state index in [0.717, 1.165) is 6.07 Å². The zero-order valence-electron chi connectivity index (χ0n) is 8.14. The van der Waals surface area contributed by atoms with Gasteiger partial charge in [-0.2, -0.15) is 13.2 Å². The average molecular weight is 230 g/mol. The molecule has 0 bridgehead atoms. The number of rotatable bonds is 2. The molecule has 6 heteroatoms. The van der Waals surface area contributed by atoms with Gasteiger partial charge in [-0.25, -0.2) is 5.90 Å². The molecule has 0 aliphatic rings. The maximum atomic E-state index is 12.7. The lowest BCUT2D eigenvalue weighted by atomic mass is 10.1. The van der Waals surface area contributed by atoms with Crippen molar-refractivity contribution in [3.63, 3.8) is 0 Å². The Morgan fingerprint density at radius 2 is 2.06 bits per heavy atom. The van der Waals surface area contributed by atoms with E-state index >= 15 is 0 Å². The van der Waals surface area contributed by atoms with Crippen LogP contribution in [0.25, 0.3) is 10.9 Å². The van der Waals surface area contributed by atoms with E-state index in [1.54, 1.807) is 6.07 Å². The zero-order chi connectivity index (χ0) is 11.8. The second-order valence-electron chi connectivity index (χ2n) is 3.35. The summed E-state index contributed by atoms with van der Waals surface area (Å²) in [6.07, 6.45) is -2.92. The Bertz CT molecular complexity index is 504. The highest BCUT2D eigenvalue weighted by Gasteiger charge is 2.33. The number of H-pyrrole nitrogens is 1. The summed E-state index contributed by atoms with van der Waals surface area (Å²) < 4.78 is 38.2. The summed E-state index contributed by atoms with van der Waals surface area (Å²) in [6, 6.07) is 3.97. The second kappa shape index (κ2) is 3.80. The van der Waals surface area contributed by atoms with E-state index in [-0.39, 0.29) is 12.0 Å². The molecule has 2 aromatic rings. The van der Waals surface area contributed by atoms with Crippen LogP contribution in [-0.4, -0.2) is 4.98 Å². The van der Waals surface area contributed by atoms with E-state index < -0.39 is 11.7 Å². The predicted molar refractivity (Wildman–Crippen MR) is 52.3 cm³/mol. The molecule has 16 heavy (non-hydrogen) atoms. The van der Waals surface area contributed by atoms with E-state index in [2.05, 4.69) is 9.82 Å². The van der Waals surface area contributed by atoms with E-state index in [4.69, 9.17) is 5.90 Å². The highest BCUT2D eigenvalue weighted by atomic mass is 19.4. The largest absolute Gasteiger partial charge is 0.417 e. The van der Waals surface area contributed by atoms with Gasteiger partial charge in [-0.05, 0) is 12.1 Å². The van der Waals surface area contributed by atoms with Crippen LogP contribution >= 0.6 is 0 Å². The van der Waals surface area contributed by atoms with Crippen LogP contribution in [0, 0.1) is 0 Å². The van der Waals surface area contributed by atoms with Crippen molar-refractivity contribution < 1.29 is 18.0 Å². The summed E-state index contributed by atoms with van der Waals surface area (Å²) in [5.74, 6) is 4.87. The number of aromatic amines is 1. The molecule has 2 rings (SSSR count). The van der Waals surface area contributed by atoms with Gasteiger partial charge in [0.25, 0.3) is 0 Å². The summed E-state index contributed by atoms with van der Waals surface area (Å²) in [6.45, 7) is -0.0624. The standard InChI is InChI=1S/C10H9F3N2O/c11-10(12,13)7-2-1-3-8-9(7)6(4-15-8)5-16-14/h1-4,15H,5,14H2. The first kappa shape index (κ1) is 11.0. The average Bonchev–Trinajstić information content (AvgIpc) is 2.61. The minimum atomic E-state index is -4.38. The first-order chi connectivity index (χ1) is 7.54. The number of fused-ring (bicyclic) bond motifs is 1. The first-order valence-electron chi connectivity index (χ1n) is 4.52. The Morgan fingerprint density at radius 1 is 1.31 bits per heavy atom. The lowest BCUT2D eigenvalue weighted by Crippen LogP contribution is -2.06. The van der Waals surface area contributed by atoms with Crippen molar-refractivity contribution in [2.45, 2.75) is 12.8 Å². The van der Waals surface area contributed by atoms with E-state index in [0.29, 0.717) is 11.1 Å². The summed E-state index contributed by atoms with van der Waals surface area (Å²) in [7, 11) is 0. The molecule has 3 N–H and O–H groups in total. The summed E-state index contributed by atoms with van der Waals surface area (Å²) in [5.41, 5.74) is 0.130. The van der Waals surface area contributed by atoms with Gasteiger partial charge < -0.3 is 4.98 Å². The van der Waals surface area contributed by atoms with Crippen molar-refractivity contribution in [3.05, 3.63) is 35.5 Å². The molecule has 0 aliphatic heterocycles. The molecule has 0 amide bonds. The molecular weight excluding hydrogens is 221 g/mol. The normalized spacial score (nSPS) is 12.2. The van der Waals surface area contributed by atoms with Gasteiger partial charge in [0.1, 0.15) is 0 Å². The number of nitrogens with two attached hydrogens (primary N) is 1. The SMILES string of the molecule is NOCc1c[nH]c2cccc(C(F)(F)F)c12. The predicted octanol–water partition coefficient (Wildman–Crippen LogP) is 2.58. The smallest absolute Gasteiger partial charge is 0.361 e. The minimum Gasteiger partial charge on any atom is -0.361 e. The van der Waals surface area contributed by atoms with Crippen LogP contribution in [0.4, 0.5) is 13.2 Å². The van der Waals surface area contributed by atoms with Crippen LogP contribution < -0.4 is 5.90 Å². The van der Waals surface area contributed by atoms with Gasteiger partial charge >= 0.3 is 6.18 Å². The van der Waals surface area contributed by atoms with Crippen LogP contribution in [0.3, 0.4) is 0 Å². The molecular formula is C10H9F3N2O. The maximum absolute atomic E-state index is 12.7. The van der Waals surface area contributed by atoms with Crippen molar-refractivity contribution in [3.8, 4) is 0 Å². The van der Waals surface area contributed by atoms with Gasteiger partial charge in [0.15, 0.2) is 0 Å².